The van der Waals surface area contributed by atoms with Crippen LogP contribution in [0.5, 0.6) is 0 Å². The molecule has 1 aromatic carbocycles. The van der Waals surface area contributed by atoms with Gasteiger partial charge in [0.25, 0.3) is 5.91 Å². The maximum atomic E-state index is 13.5. The van der Waals surface area contributed by atoms with Crippen LogP contribution < -0.4 is 0 Å². The summed E-state index contributed by atoms with van der Waals surface area (Å²) in [5.74, 6) is 0.196. The van der Waals surface area contributed by atoms with Crippen LogP contribution >= 0.6 is 11.6 Å². The Kier molecular flexibility index (Phi) is 7.48. The summed E-state index contributed by atoms with van der Waals surface area (Å²) in [4.78, 5) is 19.1. The van der Waals surface area contributed by atoms with Gasteiger partial charge in [-0.15, -0.1) is 0 Å². The zero-order valence-corrected chi connectivity index (χ0v) is 18.9. The van der Waals surface area contributed by atoms with Crippen LogP contribution in [0.2, 0.25) is 5.02 Å². The normalized spacial score (nSPS) is 11.6. The molecule has 0 radical (unpaired) electrons. The average Bonchev–Trinajstić information content (AvgIpc) is 3.27. The van der Waals surface area contributed by atoms with Crippen molar-refractivity contribution < 1.29 is 17.6 Å². The van der Waals surface area contributed by atoms with Crippen molar-refractivity contribution in [3.05, 3.63) is 83.0 Å². The minimum absolute atomic E-state index is 0.0308. The number of amides is 1. The van der Waals surface area contributed by atoms with E-state index in [1.165, 1.54) is 28.8 Å². The molecule has 2 heterocycles. The molecule has 1 amide bonds. The van der Waals surface area contributed by atoms with Gasteiger partial charge in [0.15, 0.2) is 0 Å². The van der Waals surface area contributed by atoms with E-state index in [1.807, 2.05) is 6.07 Å². The lowest BCUT2D eigenvalue weighted by Gasteiger charge is -2.23. The van der Waals surface area contributed by atoms with Crippen molar-refractivity contribution in [2.45, 2.75) is 31.8 Å². The fourth-order valence-electron chi connectivity index (χ4n) is 3.21. The first-order valence-corrected chi connectivity index (χ1v) is 11.7. The minimum atomic E-state index is -3.73. The number of furan rings is 1. The summed E-state index contributed by atoms with van der Waals surface area (Å²) in [6, 6.07) is 11.4. The Labute approximate surface area is 187 Å². The van der Waals surface area contributed by atoms with Crippen LogP contribution in [0.3, 0.4) is 0 Å². The van der Waals surface area contributed by atoms with Crippen LogP contribution in [0, 0.1) is 0 Å². The topological polar surface area (TPSA) is 83.7 Å². The maximum Gasteiger partial charge on any atom is 0.256 e. The predicted molar refractivity (Wildman–Crippen MR) is 118 cm³/mol. The van der Waals surface area contributed by atoms with E-state index in [2.05, 4.69) is 4.98 Å². The molecule has 7 nitrogen and oxygen atoms in total. The van der Waals surface area contributed by atoms with E-state index in [1.54, 1.807) is 49.3 Å². The average molecular weight is 462 g/mol. The summed E-state index contributed by atoms with van der Waals surface area (Å²) >= 11 is 6.33. The molecule has 3 aromatic rings. The molecule has 0 saturated carbocycles. The van der Waals surface area contributed by atoms with Crippen molar-refractivity contribution in [3.8, 4) is 0 Å². The Morgan fingerprint density at radius 3 is 2.48 bits per heavy atom. The Morgan fingerprint density at radius 2 is 1.87 bits per heavy atom. The van der Waals surface area contributed by atoms with Crippen LogP contribution in [0.25, 0.3) is 0 Å². The van der Waals surface area contributed by atoms with Crippen LogP contribution in [-0.2, 0) is 23.1 Å². The number of carbonyl (C=O) groups excluding carboxylic acids is 1. The summed E-state index contributed by atoms with van der Waals surface area (Å²) in [5.41, 5.74) is 0.941. The van der Waals surface area contributed by atoms with E-state index in [0.717, 1.165) is 5.56 Å². The van der Waals surface area contributed by atoms with Crippen molar-refractivity contribution >= 4 is 27.5 Å². The number of halogens is 1. The molecule has 2 aromatic heterocycles. The van der Waals surface area contributed by atoms with E-state index in [-0.39, 0.29) is 28.6 Å². The Bertz CT molecular complexity index is 1110. The van der Waals surface area contributed by atoms with Crippen LogP contribution in [-0.4, -0.2) is 41.6 Å². The molecule has 164 valence electrons. The number of hydrogen-bond donors (Lipinski definition) is 0. The number of benzene rings is 1. The molecule has 0 unspecified atom stereocenters. The molecule has 0 N–H and O–H groups in total. The highest BCUT2D eigenvalue weighted by atomic mass is 35.5. The molecule has 3 rings (SSSR count). The molecular weight excluding hydrogens is 438 g/mol. The molecule has 0 saturated heterocycles. The van der Waals surface area contributed by atoms with Gasteiger partial charge in [-0.05, 0) is 42.0 Å². The lowest BCUT2D eigenvalue weighted by Crippen LogP contribution is -2.32. The van der Waals surface area contributed by atoms with Crippen molar-refractivity contribution in [2.75, 3.05) is 13.1 Å². The van der Waals surface area contributed by atoms with Gasteiger partial charge >= 0.3 is 0 Å². The number of aromatic nitrogens is 1. The monoisotopic (exact) mass is 461 g/mol. The van der Waals surface area contributed by atoms with Crippen LogP contribution in [0.15, 0.2) is 70.4 Å². The molecule has 0 aliphatic heterocycles. The Balaban J connectivity index is 1.98. The lowest BCUT2D eigenvalue weighted by molar-refractivity contribution is 0.0717. The highest BCUT2D eigenvalue weighted by Gasteiger charge is 2.26. The number of hydrogen-bond acceptors (Lipinski definition) is 5. The predicted octanol–water partition coefficient (Wildman–Crippen LogP) is 4.20. The van der Waals surface area contributed by atoms with E-state index >= 15 is 0 Å². The van der Waals surface area contributed by atoms with Crippen molar-refractivity contribution in [2.24, 2.45) is 0 Å². The van der Waals surface area contributed by atoms with E-state index < -0.39 is 15.9 Å². The summed E-state index contributed by atoms with van der Waals surface area (Å²) in [5, 5.41) is 0.180. The number of pyridine rings is 1. The standard InChI is InChI=1S/C22H24ClN3O4S/c1-3-26(4-2)31(28,29)19-9-10-21(23)20(13-19)22(27)25(16-18-8-6-12-30-18)15-17-7-5-11-24-14-17/h5-14H,3-4,15-16H2,1-2H3. The maximum absolute atomic E-state index is 13.5. The Morgan fingerprint density at radius 1 is 1.10 bits per heavy atom. The number of sulfonamides is 1. The second-order valence-corrected chi connectivity index (χ2v) is 9.18. The third-order valence-corrected chi connectivity index (χ3v) is 7.20. The van der Waals surface area contributed by atoms with Crippen molar-refractivity contribution in [3.63, 3.8) is 0 Å². The van der Waals surface area contributed by atoms with E-state index in [9.17, 15) is 13.2 Å². The Hall–Kier alpha value is -2.68. The zero-order chi connectivity index (χ0) is 22.4. The summed E-state index contributed by atoms with van der Waals surface area (Å²) < 4.78 is 32.6. The number of nitrogens with zero attached hydrogens (tertiary/aromatic N) is 3. The largest absolute Gasteiger partial charge is 0.467 e. The molecule has 31 heavy (non-hydrogen) atoms. The van der Waals surface area contributed by atoms with Crippen molar-refractivity contribution in [1.29, 1.82) is 0 Å². The summed E-state index contributed by atoms with van der Waals surface area (Å²) in [6.45, 7) is 4.65. The molecule has 0 aliphatic rings. The van der Waals surface area contributed by atoms with E-state index in [0.29, 0.717) is 18.8 Å². The first-order valence-electron chi connectivity index (χ1n) is 9.87. The van der Waals surface area contributed by atoms with Crippen molar-refractivity contribution in [1.82, 2.24) is 14.2 Å². The third kappa shape index (κ3) is 5.33. The van der Waals surface area contributed by atoms with Crippen LogP contribution in [0.4, 0.5) is 0 Å². The highest BCUT2D eigenvalue weighted by Crippen LogP contribution is 2.25. The molecule has 0 bridgehead atoms. The number of rotatable bonds is 9. The second kappa shape index (κ2) is 10.1. The quantitative estimate of drug-likeness (QED) is 0.476. The fraction of sp³-hybridized carbons (Fsp3) is 0.273. The van der Waals surface area contributed by atoms with Gasteiger partial charge in [0.1, 0.15) is 5.76 Å². The van der Waals surface area contributed by atoms with Crippen LogP contribution in [0.1, 0.15) is 35.5 Å². The summed E-state index contributed by atoms with van der Waals surface area (Å²) in [7, 11) is -3.73. The first kappa shape index (κ1) is 23.0. The highest BCUT2D eigenvalue weighted by molar-refractivity contribution is 7.89. The zero-order valence-electron chi connectivity index (χ0n) is 17.4. The summed E-state index contributed by atoms with van der Waals surface area (Å²) in [6.07, 6.45) is 4.86. The van der Waals surface area contributed by atoms with Gasteiger partial charge < -0.3 is 9.32 Å². The third-order valence-electron chi connectivity index (χ3n) is 4.82. The van der Waals surface area contributed by atoms with Gasteiger partial charge in [-0.3, -0.25) is 9.78 Å². The molecule has 0 fully saturated rings. The van der Waals surface area contributed by atoms with Gasteiger partial charge in [-0.2, -0.15) is 4.31 Å². The number of carbonyl (C=O) groups is 1. The van der Waals surface area contributed by atoms with Gasteiger partial charge in [-0.1, -0.05) is 31.5 Å². The molecular formula is C22H24ClN3O4S. The van der Waals surface area contributed by atoms with Gasteiger partial charge in [-0.25, -0.2) is 8.42 Å². The molecule has 0 atom stereocenters. The molecule has 0 aliphatic carbocycles. The minimum Gasteiger partial charge on any atom is -0.467 e. The SMILES string of the molecule is CCN(CC)S(=O)(=O)c1ccc(Cl)c(C(=O)N(Cc2cccnc2)Cc2ccco2)c1. The first-order chi connectivity index (χ1) is 14.9. The van der Waals surface area contributed by atoms with E-state index in [4.69, 9.17) is 16.0 Å². The lowest BCUT2D eigenvalue weighted by atomic mass is 10.1. The molecule has 0 spiro atoms. The molecule has 9 heteroatoms. The smallest absolute Gasteiger partial charge is 0.256 e. The van der Waals surface area contributed by atoms with Gasteiger partial charge in [0.05, 0.1) is 28.3 Å². The fourth-order valence-corrected chi connectivity index (χ4v) is 4.90. The van der Waals surface area contributed by atoms with Gasteiger partial charge in [0.2, 0.25) is 10.0 Å². The second-order valence-electron chi connectivity index (χ2n) is 6.83. The van der Waals surface area contributed by atoms with Gasteiger partial charge in [0, 0.05) is 32.0 Å².